The maximum atomic E-state index is 13.3. The van der Waals surface area contributed by atoms with E-state index in [0.29, 0.717) is 12.0 Å². The van der Waals surface area contributed by atoms with Crippen LogP contribution in [-0.4, -0.2) is 34.3 Å². The molecule has 22 heavy (non-hydrogen) atoms. The van der Waals surface area contributed by atoms with E-state index >= 15 is 0 Å². The zero-order chi connectivity index (χ0) is 16.5. The Kier molecular flexibility index (Phi) is 5.11. The minimum Gasteiger partial charge on any atom is -0.335 e. The summed E-state index contributed by atoms with van der Waals surface area (Å²) < 4.78 is 61.8. The average molecular weight is 358 g/mol. The van der Waals surface area contributed by atoms with Gasteiger partial charge in [0.2, 0.25) is 0 Å². The molecule has 0 aliphatic carbocycles. The average Bonchev–Trinajstić information content (AvgIpc) is 2.84. The number of halogens is 5. The van der Waals surface area contributed by atoms with Crippen LogP contribution in [0, 0.1) is 11.7 Å². The summed E-state index contributed by atoms with van der Waals surface area (Å²) >= 11 is 0. The molecule has 0 radical (unpaired) electrons. The highest BCUT2D eigenvalue weighted by Gasteiger charge is 2.44. The lowest BCUT2D eigenvalue weighted by Gasteiger charge is -2.18. The third-order valence-corrected chi connectivity index (χ3v) is 4.76. The fourth-order valence-electron chi connectivity index (χ4n) is 2.54. The summed E-state index contributed by atoms with van der Waals surface area (Å²) in [7, 11) is 3.69. The highest BCUT2D eigenvalue weighted by molar-refractivity contribution is 8.08. The van der Waals surface area contributed by atoms with Crippen LogP contribution in [0.1, 0.15) is 12.0 Å². The second kappa shape index (κ2) is 6.54. The minimum atomic E-state index is -4.89. The number of benzene rings is 1. The molecule has 0 aromatic heterocycles. The van der Waals surface area contributed by atoms with Crippen molar-refractivity contribution in [1.82, 2.24) is 4.90 Å². The van der Waals surface area contributed by atoms with E-state index in [1.165, 1.54) is 12.1 Å². The van der Waals surface area contributed by atoms with Crippen molar-refractivity contribution in [2.24, 2.45) is 5.92 Å². The molecule has 2 rings (SSSR count). The predicted molar refractivity (Wildman–Crippen MR) is 73.1 cm³/mol. The maximum Gasteiger partial charge on any atom is 0.471 e. The Morgan fingerprint density at radius 1 is 1.41 bits per heavy atom. The molecule has 2 unspecified atom stereocenters. The van der Waals surface area contributed by atoms with Crippen molar-refractivity contribution in [2.45, 2.75) is 23.9 Å². The number of rotatable bonds is 3. The Morgan fingerprint density at radius 2 is 2.09 bits per heavy atom. The Hall–Kier alpha value is -1.15. The van der Waals surface area contributed by atoms with Gasteiger partial charge in [0, 0.05) is 13.1 Å². The Bertz CT molecular complexity index is 608. The van der Waals surface area contributed by atoms with E-state index in [9.17, 15) is 26.6 Å². The van der Waals surface area contributed by atoms with E-state index in [2.05, 4.69) is 0 Å². The molecule has 1 fully saturated rings. The van der Waals surface area contributed by atoms with Gasteiger partial charge in [-0.05, 0) is 53.2 Å². The van der Waals surface area contributed by atoms with Crippen molar-refractivity contribution < 1.29 is 26.6 Å². The third kappa shape index (κ3) is 3.98. The second-order valence-corrected chi connectivity index (χ2v) is 6.81. The van der Waals surface area contributed by atoms with Gasteiger partial charge in [0.1, 0.15) is 15.8 Å². The molecule has 1 aromatic carbocycles. The Labute approximate surface area is 131 Å². The number of nitrogens with zero attached hydrogens (tertiary/aromatic N) is 1. The molecule has 122 valence electrons. The van der Waals surface area contributed by atoms with Gasteiger partial charge in [-0.25, -0.2) is 8.60 Å². The molecule has 1 aliphatic heterocycles. The smallest absolute Gasteiger partial charge is 0.335 e. The van der Waals surface area contributed by atoms with Gasteiger partial charge in [-0.2, -0.15) is 13.2 Å². The quantitative estimate of drug-likeness (QED) is 0.616. The standard InChI is InChI=1S/C13H12ClF4NO2S/c14-22(21)11-2-1-10(15)6-9(11)5-8-3-4-19(7-8)12(20)13(16,17)18/h1-2,6,8H,3-5,7H2. The van der Waals surface area contributed by atoms with Crippen LogP contribution < -0.4 is 0 Å². The SMILES string of the molecule is O=C(N1CCC(Cc2cc(F)ccc2S(=O)Cl)C1)C(F)(F)F. The second-order valence-electron chi connectivity index (χ2n) is 5.08. The van der Waals surface area contributed by atoms with Crippen LogP contribution in [-0.2, 0) is 21.2 Å². The number of amides is 1. The summed E-state index contributed by atoms with van der Waals surface area (Å²) in [5.41, 5.74) is 0.389. The minimum absolute atomic E-state index is 0.00236. The largest absolute Gasteiger partial charge is 0.471 e. The van der Waals surface area contributed by atoms with E-state index in [0.717, 1.165) is 11.0 Å². The molecule has 2 atom stereocenters. The molecule has 0 spiro atoms. The molecule has 0 saturated carbocycles. The first-order chi connectivity index (χ1) is 10.2. The molecule has 0 bridgehead atoms. The lowest BCUT2D eigenvalue weighted by molar-refractivity contribution is -0.184. The van der Waals surface area contributed by atoms with Gasteiger partial charge in [0.05, 0.1) is 4.90 Å². The molecule has 1 aliphatic rings. The fourth-order valence-corrected chi connectivity index (χ4v) is 3.51. The topological polar surface area (TPSA) is 37.4 Å². The molecular weight excluding hydrogens is 346 g/mol. The van der Waals surface area contributed by atoms with Crippen molar-refractivity contribution in [2.75, 3.05) is 13.1 Å². The summed E-state index contributed by atoms with van der Waals surface area (Å²) in [6.07, 6.45) is -4.31. The molecule has 3 nitrogen and oxygen atoms in total. The van der Waals surface area contributed by atoms with Gasteiger partial charge in [0.25, 0.3) is 0 Å². The summed E-state index contributed by atoms with van der Waals surface area (Å²) in [6.45, 7) is -0.0686. The van der Waals surface area contributed by atoms with Gasteiger partial charge in [0.15, 0.2) is 0 Å². The normalized spacial score (nSPS) is 20.2. The van der Waals surface area contributed by atoms with Crippen LogP contribution in [0.3, 0.4) is 0 Å². The summed E-state index contributed by atoms with van der Waals surface area (Å²) in [6, 6.07) is 3.58. The van der Waals surface area contributed by atoms with Crippen LogP contribution in [0.15, 0.2) is 23.1 Å². The molecule has 1 saturated heterocycles. The first-order valence-electron chi connectivity index (χ1n) is 6.41. The highest BCUT2D eigenvalue weighted by Crippen LogP contribution is 2.28. The maximum absolute atomic E-state index is 13.3. The molecule has 1 aromatic rings. The van der Waals surface area contributed by atoms with Crippen LogP contribution >= 0.6 is 10.7 Å². The number of hydrogen-bond acceptors (Lipinski definition) is 2. The van der Waals surface area contributed by atoms with Crippen molar-refractivity contribution in [3.63, 3.8) is 0 Å². The van der Waals surface area contributed by atoms with E-state index in [1.807, 2.05) is 0 Å². The Balaban J connectivity index is 2.09. The predicted octanol–water partition coefficient (Wildman–Crippen LogP) is 3.04. The van der Waals surface area contributed by atoms with Crippen molar-refractivity contribution in [1.29, 1.82) is 0 Å². The van der Waals surface area contributed by atoms with Crippen LogP contribution in [0.5, 0.6) is 0 Å². The van der Waals surface area contributed by atoms with Crippen molar-refractivity contribution in [3.8, 4) is 0 Å². The molecular formula is C13H12ClF4NO2S. The van der Waals surface area contributed by atoms with Crippen molar-refractivity contribution in [3.05, 3.63) is 29.6 Å². The fraction of sp³-hybridized carbons (Fsp3) is 0.462. The van der Waals surface area contributed by atoms with Gasteiger partial charge in [-0.3, -0.25) is 4.79 Å². The van der Waals surface area contributed by atoms with Gasteiger partial charge < -0.3 is 4.90 Å². The van der Waals surface area contributed by atoms with E-state index in [1.54, 1.807) is 0 Å². The van der Waals surface area contributed by atoms with Crippen LogP contribution in [0.25, 0.3) is 0 Å². The van der Waals surface area contributed by atoms with Crippen molar-refractivity contribution >= 4 is 26.6 Å². The van der Waals surface area contributed by atoms with E-state index in [4.69, 9.17) is 10.7 Å². The molecule has 0 N–H and O–H groups in total. The third-order valence-electron chi connectivity index (χ3n) is 3.52. The summed E-state index contributed by atoms with van der Waals surface area (Å²) in [4.78, 5) is 12.1. The van der Waals surface area contributed by atoms with Crippen LogP contribution in [0.4, 0.5) is 17.6 Å². The highest BCUT2D eigenvalue weighted by atomic mass is 35.7. The van der Waals surface area contributed by atoms with Gasteiger partial charge in [-0.1, -0.05) is 0 Å². The lowest BCUT2D eigenvalue weighted by Crippen LogP contribution is -2.39. The van der Waals surface area contributed by atoms with Gasteiger partial charge in [-0.15, -0.1) is 0 Å². The van der Waals surface area contributed by atoms with Gasteiger partial charge >= 0.3 is 12.1 Å². The molecule has 1 amide bonds. The first kappa shape index (κ1) is 17.2. The Morgan fingerprint density at radius 3 is 2.68 bits per heavy atom. The monoisotopic (exact) mass is 357 g/mol. The lowest BCUT2D eigenvalue weighted by atomic mass is 9.98. The number of hydrogen-bond donors (Lipinski definition) is 0. The summed E-state index contributed by atoms with van der Waals surface area (Å²) in [5.74, 6) is -2.66. The van der Waals surface area contributed by atoms with E-state index in [-0.39, 0.29) is 30.3 Å². The summed E-state index contributed by atoms with van der Waals surface area (Å²) in [5, 5.41) is 0. The number of carbonyl (C=O) groups excluding carboxylic acids is 1. The molecule has 9 heteroatoms. The first-order valence-corrected chi connectivity index (χ1v) is 8.38. The van der Waals surface area contributed by atoms with Crippen LogP contribution in [0.2, 0.25) is 0 Å². The zero-order valence-electron chi connectivity index (χ0n) is 11.2. The number of carbonyl (C=O) groups is 1. The zero-order valence-corrected chi connectivity index (χ0v) is 12.8. The number of likely N-dealkylation sites (tertiary alicyclic amines) is 1. The van der Waals surface area contributed by atoms with E-state index < -0.39 is 27.9 Å². The number of alkyl halides is 3. The molecule has 1 heterocycles.